The van der Waals surface area contributed by atoms with Gasteiger partial charge in [0.1, 0.15) is 23.9 Å². The van der Waals surface area contributed by atoms with Crippen LogP contribution in [0.25, 0.3) is 11.0 Å². The molecule has 4 rings (SSSR count). The molecular weight excluding hydrogens is 318 g/mol. The number of aliphatic hydroxyl groups is 1. The Kier molecular flexibility index (Phi) is 4.11. The van der Waals surface area contributed by atoms with Crippen molar-refractivity contribution in [2.45, 2.75) is 38.3 Å². The van der Waals surface area contributed by atoms with Gasteiger partial charge in [-0.25, -0.2) is 9.97 Å². The molecule has 4 atom stereocenters. The summed E-state index contributed by atoms with van der Waals surface area (Å²) in [5.74, 6) is 1.89. The summed E-state index contributed by atoms with van der Waals surface area (Å²) in [5.41, 5.74) is 0.861. The molecule has 0 aromatic carbocycles. The highest BCUT2D eigenvalue weighted by molar-refractivity contribution is 5.87. The Morgan fingerprint density at radius 1 is 1.40 bits per heavy atom. The second-order valence-corrected chi connectivity index (χ2v) is 7.36. The van der Waals surface area contributed by atoms with Crippen molar-refractivity contribution in [1.29, 1.82) is 0 Å². The number of amides is 1. The van der Waals surface area contributed by atoms with Crippen molar-refractivity contribution < 1.29 is 9.90 Å². The topological polar surface area (TPSA) is 85.3 Å². The molecule has 0 bridgehead atoms. The third-order valence-electron chi connectivity index (χ3n) is 5.92. The number of carbonyl (C=O) groups excluding carboxylic acids is 1. The molecule has 2 fully saturated rings. The van der Waals surface area contributed by atoms with Crippen LogP contribution in [0.2, 0.25) is 0 Å². The van der Waals surface area contributed by atoms with Crippen LogP contribution in [0.3, 0.4) is 0 Å². The summed E-state index contributed by atoms with van der Waals surface area (Å²) in [6.45, 7) is 3.39. The van der Waals surface area contributed by atoms with Crippen LogP contribution < -0.4 is 4.90 Å². The number of fused-ring (bicyclic) bond motifs is 2. The summed E-state index contributed by atoms with van der Waals surface area (Å²) < 4.78 is 0. The van der Waals surface area contributed by atoms with E-state index in [9.17, 15) is 9.90 Å². The van der Waals surface area contributed by atoms with Gasteiger partial charge >= 0.3 is 0 Å². The molecule has 3 heterocycles. The minimum absolute atomic E-state index is 0.105. The predicted octanol–water partition coefficient (Wildman–Crippen LogP) is 1.40. The molecule has 2 N–H and O–H groups in total. The second-order valence-electron chi connectivity index (χ2n) is 7.36. The monoisotopic (exact) mass is 343 g/mol. The minimum atomic E-state index is -0.847. The van der Waals surface area contributed by atoms with Crippen molar-refractivity contribution in [3.8, 4) is 0 Å². The zero-order valence-electron chi connectivity index (χ0n) is 14.7. The molecule has 1 aliphatic carbocycles. The first-order valence-electron chi connectivity index (χ1n) is 9.06. The summed E-state index contributed by atoms with van der Waals surface area (Å²) in [5, 5.41) is 10.8. The van der Waals surface area contributed by atoms with E-state index in [4.69, 9.17) is 0 Å². The normalized spacial score (nSPS) is 26.8. The van der Waals surface area contributed by atoms with Crippen LogP contribution >= 0.6 is 0 Å². The molecule has 2 aliphatic rings. The standard InChI is InChI=1S/C18H25N5O2/c1-3-15(24)18(25)23-8-11-6-13(7-12(11)9-23)22(2)17-14-4-5-19-16(14)20-10-21-17/h4-5,10-13,15,24H,3,6-9H2,1-2H3,(H,19,20,21)/t11-,12+,13-,15-/m1/s1. The lowest BCUT2D eigenvalue weighted by Gasteiger charge is -2.28. The van der Waals surface area contributed by atoms with Gasteiger partial charge in [-0.15, -0.1) is 0 Å². The van der Waals surface area contributed by atoms with Crippen molar-refractivity contribution in [2.24, 2.45) is 11.8 Å². The number of rotatable bonds is 4. The Morgan fingerprint density at radius 3 is 2.80 bits per heavy atom. The summed E-state index contributed by atoms with van der Waals surface area (Å²) >= 11 is 0. The van der Waals surface area contributed by atoms with Gasteiger partial charge in [-0.05, 0) is 37.2 Å². The van der Waals surface area contributed by atoms with Gasteiger partial charge in [0.25, 0.3) is 5.91 Å². The van der Waals surface area contributed by atoms with E-state index in [2.05, 4.69) is 26.9 Å². The molecule has 2 aromatic rings. The Hall–Kier alpha value is -2.15. The lowest BCUT2D eigenvalue weighted by atomic mass is 10.0. The van der Waals surface area contributed by atoms with Gasteiger partial charge in [0.2, 0.25) is 0 Å². The number of hydrogen-bond donors (Lipinski definition) is 2. The lowest BCUT2D eigenvalue weighted by molar-refractivity contribution is -0.139. The Morgan fingerprint density at radius 2 is 2.12 bits per heavy atom. The predicted molar refractivity (Wildman–Crippen MR) is 95.2 cm³/mol. The van der Waals surface area contributed by atoms with Gasteiger partial charge in [-0.2, -0.15) is 0 Å². The number of nitrogens with zero attached hydrogens (tertiary/aromatic N) is 4. The maximum absolute atomic E-state index is 12.2. The number of anilines is 1. The number of H-pyrrole nitrogens is 1. The Balaban J connectivity index is 1.45. The van der Waals surface area contributed by atoms with Crippen molar-refractivity contribution in [3.05, 3.63) is 18.6 Å². The van der Waals surface area contributed by atoms with Crippen LogP contribution in [-0.2, 0) is 4.79 Å². The van der Waals surface area contributed by atoms with E-state index < -0.39 is 6.10 Å². The Labute approximate surface area is 147 Å². The summed E-state index contributed by atoms with van der Waals surface area (Å²) in [6, 6.07) is 2.44. The van der Waals surface area contributed by atoms with E-state index in [0.717, 1.165) is 42.8 Å². The first-order valence-corrected chi connectivity index (χ1v) is 9.06. The van der Waals surface area contributed by atoms with Gasteiger partial charge in [0, 0.05) is 32.4 Å². The average Bonchev–Trinajstić information content (AvgIpc) is 3.32. The zero-order chi connectivity index (χ0) is 17.6. The van der Waals surface area contributed by atoms with Crippen molar-refractivity contribution in [3.63, 3.8) is 0 Å². The van der Waals surface area contributed by atoms with E-state index >= 15 is 0 Å². The molecule has 0 spiro atoms. The number of nitrogens with one attached hydrogen (secondary N) is 1. The molecule has 1 aliphatic heterocycles. The molecule has 1 amide bonds. The molecule has 7 nitrogen and oxygen atoms in total. The smallest absolute Gasteiger partial charge is 0.251 e. The van der Waals surface area contributed by atoms with Crippen molar-refractivity contribution in [2.75, 3.05) is 25.0 Å². The van der Waals surface area contributed by atoms with Crippen LogP contribution in [0, 0.1) is 11.8 Å². The highest BCUT2D eigenvalue weighted by Gasteiger charge is 2.44. The number of aromatic amines is 1. The van der Waals surface area contributed by atoms with Gasteiger partial charge in [-0.3, -0.25) is 4.79 Å². The molecule has 7 heteroatoms. The fourth-order valence-corrected chi connectivity index (χ4v) is 4.46. The number of likely N-dealkylation sites (tertiary alicyclic amines) is 1. The Bertz CT molecular complexity index is 762. The van der Waals surface area contributed by atoms with E-state index in [0.29, 0.717) is 24.3 Å². The largest absolute Gasteiger partial charge is 0.383 e. The molecule has 1 saturated carbocycles. The maximum atomic E-state index is 12.2. The van der Waals surface area contributed by atoms with Gasteiger partial charge in [0.05, 0.1) is 5.39 Å². The third-order valence-corrected chi connectivity index (χ3v) is 5.92. The minimum Gasteiger partial charge on any atom is -0.383 e. The molecule has 25 heavy (non-hydrogen) atoms. The third kappa shape index (κ3) is 2.76. The molecule has 0 unspecified atom stereocenters. The number of carbonyl (C=O) groups is 1. The zero-order valence-corrected chi connectivity index (χ0v) is 14.7. The lowest BCUT2D eigenvalue weighted by Crippen LogP contribution is -2.39. The van der Waals surface area contributed by atoms with Crippen molar-refractivity contribution in [1.82, 2.24) is 19.9 Å². The summed E-state index contributed by atoms with van der Waals surface area (Å²) in [6.07, 6.45) is 5.25. The van der Waals surface area contributed by atoms with Gasteiger partial charge in [0.15, 0.2) is 0 Å². The van der Waals surface area contributed by atoms with E-state index in [-0.39, 0.29) is 5.91 Å². The molecular formula is C18H25N5O2. The first-order chi connectivity index (χ1) is 12.1. The fourth-order valence-electron chi connectivity index (χ4n) is 4.46. The van der Waals surface area contributed by atoms with E-state index in [1.807, 2.05) is 24.1 Å². The number of hydrogen-bond acceptors (Lipinski definition) is 5. The van der Waals surface area contributed by atoms with Gasteiger partial charge in [-0.1, -0.05) is 6.92 Å². The van der Waals surface area contributed by atoms with Crippen LogP contribution in [0.4, 0.5) is 5.82 Å². The highest BCUT2D eigenvalue weighted by atomic mass is 16.3. The number of aliphatic hydroxyl groups excluding tert-OH is 1. The van der Waals surface area contributed by atoms with Gasteiger partial charge < -0.3 is 19.9 Å². The quantitative estimate of drug-likeness (QED) is 0.876. The second kappa shape index (κ2) is 6.29. The van der Waals surface area contributed by atoms with E-state index in [1.54, 1.807) is 6.33 Å². The van der Waals surface area contributed by atoms with Crippen LogP contribution in [0.5, 0.6) is 0 Å². The summed E-state index contributed by atoms with van der Waals surface area (Å²) in [4.78, 5) is 28.2. The molecule has 0 radical (unpaired) electrons. The molecule has 1 saturated heterocycles. The van der Waals surface area contributed by atoms with Crippen LogP contribution in [-0.4, -0.2) is 63.1 Å². The molecule has 2 aromatic heterocycles. The summed E-state index contributed by atoms with van der Waals surface area (Å²) in [7, 11) is 2.10. The highest BCUT2D eigenvalue weighted by Crippen LogP contribution is 2.41. The average molecular weight is 343 g/mol. The van der Waals surface area contributed by atoms with Crippen LogP contribution in [0.1, 0.15) is 26.2 Å². The molecule has 134 valence electrons. The van der Waals surface area contributed by atoms with E-state index in [1.165, 1.54) is 0 Å². The number of aromatic nitrogens is 3. The maximum Gasteiger partial charge on any atom is 0.251 e. The fraction of sp³-hybridized carbons (Fsp3) is 0.611. The first kappa shape index (κ1) is 16.3. The van der Waals surface area contributed by atoms with Crippen LogP contribution in [0.15, 0.2) is 18.6 Å². The SMILES string of the molecule is CC[C@@H](O)C(=O)N1C[C@H]2C[C@@H](N(C)c3ncnc4[nH]ccc34)C[C@H]2C1. The van der Waals surface area contributed by atoms with Crippen molar-refractivity contribution >= 4 is 22.8 Å².